The molecule has 2 aromatic rings. The minimum Gasteiger partial charge on any atom is -0.237 e. The summed E-state index contributed by atoms with van der Waals surface area (Å²) in [6.07, 6.45) is 3.56. The van der Waals surface area contributed by atoms with Crippen LogP contribution < -0.4 is 10.9 Å². The minimum absolute atomic E-state index is 0.551. The number of nitrogens with zero attached hydrogens (tertiary/aromatic N) is 2. The van der Waals surface area contributed by atoms with Crippen LogP contribution >= 0.6 is 8.58 Å². The highest BCUT2D eigenvalue weighted by Crippen LogP contribution is 2.07. The number of aryl methyl sites for hydroxylation is 1. The third-order valence-electron chi connectivity index (χ3n) is 1.87. The summed E-state index contributed by atoms with van der Waals surface area (Å²) in [5.41, 5.74) is 2.18. The van der Waals surface area contributed by atoms with E-state index in [0.717, 1.165) is 5.57 Å². The lowest BCUT2D eigenvalue weighted by Crippen LogP contribution is -2.09. The maximum Gasteiger partial charge on any atom is 0.151 e. The monoisotopic (exact) mass is 202 g/mol. The van der Waals surface area contributed by atoms with Gasteiger partial charge in [-0.25, -0.2) is 9.97 Å². The summed E-state index contributed by atoms with van der Waals surface area (Å²) in [6, 6.07) is 10.3. The first-order valence-electron chi connectivity index (χ1n) is 4.45. The number of hydrogen-bond acceptors (Lipinski definition) is 2. The van der Waals surface area contributed by atoms with Gasteiger partial charge in [0.25, 0.3) is 0 Å². The molecule has 0 aliphatic carbocycles. The summed E-state index contributed by atoms with van der Waals surface area (Å²) < 4.78 is 0. The molecule has 1 unspecified atom stereocenters. The molecule has 0 radical (unpaired) electrons. The molecule has 0 amide bonds. The predicted molar refractivity (Wildman–Crippen MR) is 60.8 cm³/mol. The van der Waals surface area contributed by atoms with Gasteiger partial charge in [-0.15, -0.1) is 0 Å². The first-order chi connectivity index (χ1) is 6.84. The van der Waals surface area contributed by atoms with Crippen molar-refractivity contribution >= 4 is 19.5 Å². The van der Waals surface area contributed by atoms with Crippen LogP contribution in [0.4, 0.5) is 0 Å². The lowest BCUT2D eigenvalue weighted by Gasteiger charge is -2.00. The van der Waals surface area contributed by atoms with E-state index in [1.54, 1.807) is 12.4 Å². The van der Waals surface area contributed by atoms with Crippen LogP contribution in [0.1, 0.15) is 5.56 Å². The van der Waals surface area contributed by atoms with E-state index in [9.17, 15) is 0 Å². The fourth-order valence-electron chi connectivity index (χ4n) is 1.13. The van der Waals surface area contributed by atoms with Gasteiger partial charge in [0.1, 0.15) is 0 Å². The van der Waals surface area contributed by atoms with Crippen molar-refractivity contribution in [3.05, 3.63) is 48.3 Å². The van der Waals surface area contributed by atoms with Crippen molar-refractivity contribution in [1.29, 1.82) is 0 Å². The van der Waals surface area contributed by atoms with Crippen molar-refractivity contribution in [2.45, 2.75) is 6.92 Å². The molecule has 0 saturated carbocycles. The summed E-state index contributed by atoms with van der Waals surface area (Å²) in [7, 11) is 0.551. The summed E-state index contributed by atoms with van der Waals surface area (Å²) in [4.78, 5) is 8.40. The van der Waals surface area contributed by atoms with Crippen LogP contribution in [0.5, 0.6) is 0 Å². The average Bonchev–Trinajstić information content (AvgIpc) is 2.23. The fourth-order valence-corrected chi connectivity index (χ4v) is 2.00. The lowest BCUT2D eigenvalue weighted by molar-refractivity contribution is 1.24. The predicted octanol–water partition coefficient (Wildman–Crippen LogP) is 1.41. The molecular weight excluding hydrogens is 191 g/mol. The Morgan fingerprint density at radius 1 is 1.00 bits per heavy atom. The van der Waals surface area contributed by atoms with Crippen molar-refractivity contribution < 1.29 is 0 Å². The first-order valence-corrected chi connectivity index (χ1v) is 5.45. The molecule has 0 saturated heterocycles. The van der Waals surface area contributed by atoms with Gasteiger partial charge in [-0.1, -0.05) is 29.8 Å². The van der Waals surface area contributed by atoms with E-state index in [1.165, 1.54) is 10.9 Å². The Morgan fingerprint density at radius 3 is 2.29 bits per heavy atom. The first kappa shape index (κ1) is 9.29. The van der Waals surface area contributed by atoms with E-state index in [1.807, 2.05) is 6.07 Å². The second-order valence-corrected chi connectivity index (χ2v) is 4.34. The Morgan fingerprint density at radius 2 is 1.64 bits per heavy atom. The van der Waals surface area contributed by atoms with Gasteiger partial charge >= 0.3 is 0 Å². The summed E-state index contributed by atoms with van der Waals surface area (Å²) in [6.45, 7) is 2.09. The fraction of sp³-hybridized carbons (Fsp3) is 0.0909. The average molecular weight is 202 g/mol. The van der Waals surface area contributed by atoms with E-state index in [0.29, 0.717) is 8.58 Å². The second-order valence-electron chi connectivity index (χ2n) is 3.06. The highest BCUT2D eigenvalue weighted by atomic mass is 31.1. The molecule has 1 atom stereocenters. The molecule has 2 nitrogen and oxygen atoms in total. The molecule has 0 aliphatic heterocycles. The van der Waals surface area contributed by atoms with Crippen molar-refractivity contribution in [3.8, 4) is 0 Å². The molecule has 0 fully saturated rings. The van der Waals surface area contributed by atoms with Crippen molar-refractivity contribution in [2.75, 3.05) is 0 Å². The van der Waals surface area contributed by atoms with Gasteiger partial charge < -0.3 is 0 Å². The molecule has 70 valence electrons. The SMILES string of the molecule is Cc1ccc(Pc2ncccn2)cc1. The molecule has 0 bridgehead atoms. The van der Waals surface area contributed by atoms with Gasteiger partial charge in [-0.3, -0.25) is 0 Å². The maximum atomic E-state index is 4.20. The molecule has 1 aromatic carbocycles. The van der Waals surface area contributed by atoms with Crippen LogP contribution in [0.2, 0.25) is 0 Å². The minimum atomic E-state index is 0.551. The van der Waals surface area contributed by atoms with Gasteiger partial charge in [0, 0.05) is 12.4 Å². The van der Waals surface area contributed by atoms with Crippen molar-refractivity contribution in [2.24, 2.45) is 0 Å². The van der Waals surface area contributed by atoms with Crippen LogP contribution in [-0.2, 0) is 0 Å². The standard InChI is InChI=1S/C11H11N2P/c1-9-3-5-10(6-4-9)14-11-12-7-2-8-13-11/h2-8,14H,1H3. The Bertz CT molecular complexity index is 397. The van der Waals surface area contributed by atoms with Gasteiger partial charge in [-0.2, -0.15) is 0 Å². The van der Waals surface area contributed by atoms with Crippen LogP contribution in [0.3, 0.4) is 0 Å². The quantitative estimate of drug-likeness (QED) is 0.688. The number of benzene rings is 1. The largest absolute Gasteiger partial charge is 0.237 e. The molecule has 14 heavy (non-hydrogen) atoms. The van der Waals surface area contributed by atoms with Gasteiger partial charge in [0.15, 0.2) is 5.57 Å². The van der Waals surface area contributed by atoms with E-state index in [4.69, 9.17) is 0 Å². The number of aromatic nitrogens is 2. The summed E-state index contributed by atoms with van der Waals surface area (Å²) >= 11 is 0. The molecule has 2 rings (SSSR count). The van der Waals surface area contributed by atoms with E-state index < -0.39 is 0 Å². The zero-order chi connectivity index (χ0) is 9.80. The molecule has 3 heteroatoms. The van der Waals surface area contributed by atoms with Gasteiger partial charge in [0.05, 0.1) is 0 Å². The highest BCUT2D eigenvalue weighted by Gasteiger charge is 1.96. The van der Waals surface area contributed by atoms with Crippen LogP contribution in [0, 0.1) is 6.92 Å². The summed E-state index contributed by atoms with van der Waals surface area (Å²) in [5.74, 6) is 0. The Balaban J connectivity index is 2.16. The van der Waals surface area contributed by atoms with Crippen LogP contribution in [-0.4, -0.2) is 9.97 Å². The Labute approximate surface area is 85.2 Å². The smallest absolute Gasteiger partial charge is 0.151 e. The van der Waals surface area contributed by atoms with E-state index >= 15 is 0 Å². The molecular formula is C11H11N2P. The molecule has 0 spiro atoms. The van der Waals surface area contributed by atoms with E-state index in [-0.39, 0.29) is 0 Å². The molecule has 1 aromatic heterocycles. The zero-order valence-corrected chi connectivity index (χ0v) is 8.94. The zero-order valence-electron chi connectivity index (χ0n) is 7.94. The Hall–Kier alpha value is -1.27. The molecule has 1 heterocycles. The van der Waals surface area contributed by atoms with E-state index in [2.05, 4.69) is 41.2 Å². The maximum absolute atomic E-state index is 4.20. The second kappa shape index (κ2) is 4.30. The van der Waals surface area contributed by atoms with Crippen LogP contribution in [0.15, 0.2) is 42.7 Å². The molecule has 0 aliphatic rings. The topological polar surface area (TPSA) is 25.8 Å². The third-order valence-corrected chi connectivity index (χ3v) is 2.98. The normalized spacial score (nSPS) is 10.9. The number of rotatable bonds is 2. The van der Waals surface area contributed by atoms with Gasteiger partial charge in [0.2, 0.25) is 0 Å². The van der Waals surface area contributed by atoms with Crippen molar-refractivity contribution in [3.63, 3.8) is 0 Å². The molecule has 0 N–H and O–H groups in total. The third kappa shape index (κ3) is 2.36. The summed E-state index contributed by atoms with van der Waals surface area (Å²) in [5, 5.41) is 1.28. The lowest BCUT2D eigenvalue weighted by atomic mass is 10.2. The number of hydrogen-bond donors (Lipinski definition) is 0. The van der Waals surface area contributed by atoms with Crippen molar-refractivity contribution in [1.82, 2.24) is 9.97 Å². The van der Waals surface area contributed by atoms with Crippen LogP contribution in [0.25, 0.3) is 0 Å². The van der Waals surface area contributed by atoms with Gasteiger partial charge in [-0.05, 0) is 26.9 Å². The highest BCUT2D eigenvalue weighted by molar-refractivity contribution is 7.54. The Kier molecular flexibility index (Phi) is 2.85.